The Morgan fingerprint density at radius 3 is 2.43 bits per heavy atom. The Hall–Kier alpha value is -6.98. The Bertz CT molecular complexity index is 2760. The summed E-state index contributed by atoms with van der Waals surface area (Å²) in [6.07, 6.45) is 1.94. The lowest BCUT2D eigenvalue weighted by molar-refractivity contribution is -0.137. The van der Waals surface area contributed by atoms with E-state index in [1.165, 1.54) is 21.3 Å². The smallest absolute Gasteiger partial charge is 0.407 e. The minimum atomic E-state index is -0.958. The molecule has 17 nitrogen and oxygen atoms in total. The molecule has 4 aromatic carbocycles. The fourth-order valence-electron chi connectivity index (χ4n) is 9.54. The molecule has 2 aromatic heterocycles. The SMILES string of the molecule is COCC1CC(c2nc3c(ccc4cc5c(cc43)OCc3cc(-c4cnc(C6CCCN6C(=O)C(NC(=O)OC)C(C)OC)[nH]4)ccc3-5)[nH]2)N(C(=O)C(NC(=O)OC)c2ccccc2)C1. The van der Waals surface area contributed by atoms with Crippen LogP contribution in [0.2, 0.25) is 0 Å². The van der Waals surface area contributed by atoms with Crippen molar-refractivity contribution in [3.63, 3.8) is 0 Å². The van der Waals surface area contributed by atoms with Gasteiger partial charge in [0.2, 0.25) is 5.91 Å². The fraction of sp³-hybridized carbons (Fsp3) is 0.375. The van der Waals surface area contributed by atoms with Crippen molar-refractivity contribution in [1.82, 2.24) is 40.4 Å². The van der Waals surface area contributed by atoms with E-state index in [4.69, 9.17) is 33.7 Å². The molecule has 9 rings (SSSR count). The normalized spacial score (nSPS) is 19.2. The molecule has 3 aliphatic rings. The number of ether oxygens (including phenoxy) is 5. The summed E-state index contributed by atoms with van der Waals surface area (Å²) in [6, 6.07) is 21.1. The number of aromatic amines is 2. The molecule has 0 radical (unpaired) electrons. The number of nitrogens with zero attached hydrogens (tertiary/aromatic N) is 4. The van der Waals surface area contributed by atoms with Gasteiger partial charge >= 0.3 is 12.2 Å². The van der Waals surface area contributed by atoms with Crippen LogP contribution in [-0.4, -0.2) is 114 Å². The number of imidazole rings is 2. The molecule has 4 N–H and O–H groups in total. The third-order valence-electron chi connectivity index (χ3n) is 12.9. The Morgan fingerprint density at radius 2 is 1.66 bits per heavy atom. The van der Waals surface area contributed by atoms with Gasteiger partial charge in [-0.2, -0.15) is 0 Å². The van der Waals surface area contributed by atoms with E-state index in [9.17, 15) is 19.2 Å². The standard InChI is InChI=1S/C48H52N8O9/c1-26(62-3)40(53-47(59)63-4)45(57)55-17-9-12-37(55)43-49-22-36(51-43)30-13-15-32-31(19-30)25-65-39-21-33-29(20-34(32)39)14-16-35-42(33)52-44(50-35)38-18-27(24-61-2)23-56(38)46(58)41(54-48(60)64-5)28-10-7-6-8-11-28/h6-8,10-11,13-16,19-22,26-27,37-38,40-41H,9,12,17-18,23-25H2,1-5H3,(H,49,51)(H,50,52)(H,53,59)(H,54,60). The second kappa shape index (κ2) is 18.3. The summed E-state index contributed by atoms with van der Waals surface area (Å²) in [5, 5.41) is 7.27. The van der Waals surface area contributed by atoms with Crippen molar-refractivity contribution in [3.05, 3.63) is 102 Å². The number of amides is 4. The highest BCUT2D eigenvalue weighted by Gasteiger charge is 2.42. The van der Waals surface area contributed by atoms with E-state index < -0.39 is 36.4 Å². The van der Waals surface area contributed by atoms with Crippen molar-refractivity contribution in [2.24, 2.45) is 5.92 Å². The molecule has 4 amide bonds. The molecule has 65 heavy (non-hydrogen) atoms. The monoisotopic (exact) mass is 884 g/mol. The van der Waals surface area contributed by atoms with Gasteiger partial charge in [0.1, 0.15) is 36.1 Å². The van der Waals surface area contributed by atoms with E-state index >= 15 is 0 Å². The maximum absolute atomic E-state index is 14.4. The number of fused-ring (bicyclic) bond motifs is 6. The zero-order valence-electron chi connectivity index (χ0n) is 36.9. The van der Waals surface area contributed by atoms with Crippen molar-refractivity contribution in [3.8, 4) is 28.1 Å². The van der Waals surface area contributed by atoms with E-state index in [1.807, 2.05) is 42.5 Å². The summed E-state index contributed by atoms with van der Waals surface area (Å²) in [5.74, 6) is 1.58. The molecule has 338 valence electrons. The quantitative estimate of drug-likeness (QED) is 0.102. The third kappa shape index (κ3) is 8.32. The first-order valence-corrected chi connectivity index (χ1v) is 21.7. The minimum Gasteiger partial charge on any atom is -0.488 e. The Balaban J connectivity index is 0.974. The Kier molecular flexibility index (Phi) is 12.2. The number of carbonyl (C=O) groups excluding carboxylic acids is 4. The molecular weight excluding hydrogens is 833 g/mol. The Morgan fingerprint density at radius 1 is 0.862 bits per heavy atom. The van der Waals surface area contributed by atoms with Gasteiger partial charge in [0.05, 0.1) is 61.9 Å². The lowest BCUT2D eigenvalue weighted by Gasteiger charge is -2.30. The number of H-pyrrole nitrogens is 2. The number of nitrogens with one attached hydrogen (secondary N) is 4. The number of aromatic nitrogens is 4. The van der Waals surface area contributed by atoms with Gasteiger partial charge in [-0.25, -0.2) is 19.6 Å². The summed E-state index contributed by atoms with van der Waals surface area (Å²) in [4.78, 5) is 73.2. The molecule has 0 spiro atoms. The molecule has 0 bridgehead atoms. The van der Waals surface area contributed by atoms with Crippen LogP contribution in [0.5, 0.6) is 5.75 Å². The lowest BCUT2D eigenvalue weighted by atomic mass is 9.92. The first-order valence-electron chi connectivity index (χ1n) is 21.7. The summed E-state index contributed by atoms with van der Waals surface area (Å²) in [6.45, 7) is 3.50. The number of hydrogen-bond acceptors (Lipinski definition) is 11. The maximum Gasteiger partial charge on any atom is 0.407 e. The van der Waals surface area contributed by atoms with Crippen LogP contribution in [0.1, 0.15) is 67.1 Å². The maximum atomic E-state index is 14.4. The average Bonchev–Trinajstić information content (AvgIpc) is 4.18. The van der Waals surface area contributed by atoms with Crippen LogP contribution >= 0.6 is 0 Å². The van der Waals surface area contributed by atoms with Crippen LogP contribution in [0.3, 0.4) is 0 Å². The van der Waals surface area contributed by atoms with Gasteiger partial charge < -0.3 is 54.1 Å². The minimum absolute atomic E-state index is 0.0552. The van der Waals surface area contributed by atoms with Gasteiger partial charge in [-0.1, -0.05) is 48.5 Å². The molecule has 2 saturated heterocycles. The van der Waals surface area contributed by atoms with Crippen molar-refractivity contribution in [2.75, 3.05) is 48.1 Å². The zero-order valence-corrected chi connectivity index (χ0v) is 36.9. The van der Waals surface area contributed by atoms with Crippen LogP contribution in [0, 0.1) is 5.92 Å². The van der Waals surface area contributed by atoms with E-state index in [0.717, 1.165) is 68.3 Å². The molecule has 0 saturated carbocycles. The highest BCUT2D eigenvalue weighted by atomic mass is 16.5. The average molecular weight is 885 g/mol. The number of methoxy groups -OCH3 is 4. The molecule has 3 aliphatic heterocycles. The highest BCUT2D eigenvalue weighted by molar-refractivity contribution is 6.07. The summed E-state index contributed by atoms with van der Waals surface area (Å²) in [5.41, 5.74) is 7.01. The first-order chi connectivity index (χ1) is 31.6. The summed E-state index contributed by atoms with van der Waals surface area (Å²) < 4.78 is 27.1. The molecule has 0 aliphatic carbocycles. The number of rotatable bonds is 12. The summed E-state index contributed by atoms with van der Waals surface area (Å²) in [7, 11) is 5.68. The van der Waals surface area contributed by atoms with Crippen molar-refractivity contribution >= 4 is 45.8 Å². The summed E-state index contributed by atoms with van der Waals surface area (Å²) >= 11 is 0. The van der Waals surface area contributed by atoms with E-state index in [2.05, 4.69) is 50.9 Å². The van der Waals surface area contributed by atoms with Gasteiger partial charge in [0.15, 0.2) is 0 Å². The van der Waals surface area contributed by atoms with Crippen molar-refractivity contribution < 1.29 is 42.9 Å². The second-order valence-corrected chi connectivity index (χ2v) is 16.8. The number of benzene rings is 4. The molecule has 6 aromatic rings. The first kappa shape index (κ1) is 43.3. The molecule has 5 heterocycles. The Labute approximate surface area is 375 Å². The van der Waals surface area contributed by atoms with Gasteiger partial charge in [0.25, 0.3) is 5.91 Å². The van der Waals surface area contributed by atoms with Crippen LogP contribution < -0.4 is 15.4 Å². The second-order valence-electron chi connectivity index (χ2n) is 16.8. The molecule has 2 fully saturated rings. The highest BCUT2D eigenvalue weighted by Crippen LogP contribution is 2.44. The van der Waals surface area contributed by atoms with E-state index in [0.29, 0.717) is 49.9 Å². The molecular formula is C48H52N8O9. The topological polar surface area (TPSA) is 202 Å². The number of likely N-dealkylation sites (tertiary alicyclic amines) is 2. The predicted octanol–water partition coefficient (Wildman–Crippen LogP) is 6.72. The largest absolute Gasteiger partial charge is 0.488 e. The number of alkyl carbamates (subject to hydrolysis) is 2. The van der Waals surface area contributed by atoms with Gasteiger partial charge in [-0.15, -0.1) is 0 Å². The third-order valence-corrected chi connectivity index (χ3v) is 12.9. The predicted molar refractivity (Wildman–Crippen MR) is 240 cm³/mol. The molecule has 6 atom stereocenters. The van der Waals surface area contributed by atoms with Gasteiger partial charge in [0, 0.05) is 44.2 Å². The zero-order chi connectivity index (χ0) is 45.4. The molecule has 6 unspecified atom stereocenters. The van der Waals surface area contributed by atoms with Crippen LogP contribution in [0.15, 0.2) is 79.0 Å². The van der Waals surface area contributed by atoms with Gasteiger partial charge in [-0.05, 0) is 78.1 Å². The van der Waals surface area contributed by atoms with Crippen LogP contribution in [-0.2, 0) is 35.1 Å². The van der Waals surface area contributed by atoms with Gasteiger partial charge in [-0.3, -0.25) is 9.59 Å². The fourth-order valence-corrected chi connectivity index (χ4v) is 9.54. The number of carbonyl (C=O) groups is 4. The van der Waals surface area contributed by atoms with Crippen LogP contribution in [0.25, 0.3) is 44.2 Å². The van der Waals surface area contributed by atoms with Crippen molar-refractivity contribution in [1.29, 1.82) is 0 Å². The van der Waals surface area contributed by atoms with E-state index in [1.54, 1.807) is 30.0 Å². The van der Waals surface area contributed by atoms with E-state index in [-0.39, 0.29) is 23.8 Å². The van der Waals surface area contributed by atoms with Crippen molar-refractivity contribution in [2.45, 2.75) is 63.1 Å². The van der Waals surface area contributed by atoms with Crippen LogP contribution in [0.4, 0.5) is 9.59 Å². The lowest BCUT2D eigenvalue weighted by Crippen LogP contribution is -2.54. The number of hydrogen-bond donors (Lipinski definition) is 4. The molecule has 17 heteroatoms.